The van der Waals surface area contributed by atoms with Crippen LogP contribution in [0.5, 0.6) is 5.75 Å². The smallest absolute Gasteiger partial charge is 0.339 e. The van der Waals surface area contributed by atoms with Gasteiger partial charge in [-0.15, -0.1) is 0 Å². The Morgan fingerprint density at radius 1 is 1.40 bits per heavy atom. The zero-order valence-corrected chi connectivity index (χ0v) is 11.5. The number of carbonyl (C=O) groups excluding carboxylic acids is 1. The minimum absolute atomic E-state index is 0.347. The summed E-state index contributed by atoms with van der Waals surface area (Å²) in [6.07, 6.45) is 0. The quantitative estimate of drug-likeness (QED) is 0.793. The van der Waals surface area contributed by atoms with Gasteiger partial charge in [0, 0.05) is 8.95 Å². The number of halogens is 2. The van der Waals surface area contributed by atoms with E-state index in [1.807, 2.05) is 0 Å². The van der Waals surface area contributed by atoms with E-state index >= 15 is 0 Å². The standard InChI is InChI=1S/C10H10Br2O3/c1-3-15-10(13)7-4-6(14-2)5-8(11)9(7)12/h4-5H,3H2,1-2H3. The summed E-state index contributed by atoms with van der Waals surface area (Å²) < 4.78 is 11.4. The molecule has 0 N–H and O–H groups in total. The third kappa shape index (κ3) is 2.95. The lowest BCUT2D eigenvalue weighted by molar-refractivity contribution is 0.0525. The van der Waals surface area contributed by atoms with Gasteiger partial charge in [0.15, 0.2) is 0 Å². The van der Waals surface area contributed by atoms with Gasteiger partial charge in [0.2, 0.25) is 0 Å². The van der Waals surface area contributed by atoms with Crippen molar-refractivity contribution in [2.24, 2.45) is 0 Å². The molecule has 0 fully saturated rings. The molecule has 1 aromatic carbocycles. The summed E-state index contributed by atoms with van der Waals surface area (Å²) in [6.45, 7) is 2.11. The van der Waals surface area contributed by atoms with Gasteiger partial charge in [-0.1, -0.05) is 0 Å². The van der Waals surface area contributed by atoms with Crippen LogP contribution >= 0.6 is 31.9 Å². The molecule has 0 saturated carbocycles. The average molecular weight is 338 g/mol. The van der Waals surface area contributed by atoms with E-state index in [0.717, 1.165) is 4.47 Å². The highest BCUT2D eigenvalue weighted by Gasteiger charge is 2.15. The molecule has 0 aliphatic heterocycles. The first-order chi connectivity index (χ1) is 7.10. The van der Waals surface area contributed by atoms with E-state index < -0.39 is 0 Å². The highest BCUT2D eigenvalue weighted by atomic mass is 79.9. The molecule has 0 aliphatic carbocycles. The van der Waals surface area contributed by atoms with Gasteiger partial charge in [-0.05, 0) is 50.9 Å². The van der Waals surface area contributed by atoms with E-state index in [-0.39, 0.29) is 5.97 Å². The van der Waals surface area contributed by atoms with Crippen molar-refractivity contribution in [3.8, 4) is 5.75 Å². The topological polar surface area (TPSA) is 35.5 Å². The Labute approximate surface area is 105 Å². The van der Waals surface area contributed by atoms with Crippen molar-refractivity contribution >= 4 is 37.8 Å². The Hall–Kier alpha value is -0.550. The van der Waals surface area contributed by atoms with Gasteiger partial charge in [-0.3, -0.25) is 0 Å². The first-order valence-corrected chi connectivity index (χ1v) is 5.89. The van der Waals surface area contributed by atoms with E-state index in [1.54, 1.807) is 26.2 Å². The van der Waals surface area contributed by atoms with Crippen LogP contribution in [0.25, 0.3) is 0 Å². The Balaban J connectivity index is 3.15. The molecule has 5 heteroatoms. The molecule has 0 unspecified atom stereocenters. The normalized spacial score (nSPS) is 9.87. The number of ether oxygens (including phenoxy) is 2. The number of hydrogen-bond acceptors (Lipinski definition) is 3. The molecular formula is C10H10Br2O3. The summed E-state index contributed by atoms with van der Waals surface area (Å²) in [5.74, 6) is 0.233. The molecule has 0 radical (unpaired) electrons. The lowest BCUT2D eigenvalue weighted by Crippen LogP contribution is -2.06. The molecule has 0 aliphatic rings. The third-order valence-corrected chi connectivity index (χ3v) is 3.74. The third-order valence-electron chi connectivity index (χ3n) is 1.73. The maximum atomic E-state index is 11.6. The number of rotatable bonds is 3. The van der Waals surface area contributed by atoms with Crippen LogP contribution in [-0.4, -0.2) is 19.7 Å². The summed E-state index contributed by atoms with van der Waals surface area (Å²) in [5.41, 5.74) is 0.447. The fraction of sp³-hybridized carbons (Fsp3) is 0.300. The van der Waals surface area contributed by atoms with E-state index in [1.165, 1.54) is 0 Å². The fourth-order valence-corrected chi connectivity index (χ4v) is 1.87. The van der Waals surface area contributed by atoms with Gasteiger partial charge in [0.1, 0.15) is 5.75 Å². The second-order valence-corrected chi connectivity index (χ2v) is 4.34. The average Bonchev–Trinajstić information content (AvgIpc) is 2.22. The molecule has 0 atom stereocenters. The highest BCUT2D eigenvalue weighted by Crippen LogP contribution is 2.31. The molecule has 1 aromatic rings. The van der Waals surface area contributed by atoms with Gasteiger partial charge < -0.3 is 9.47 Å². The Kier molecular flexibility index (Phi) is 4.60. The van der Waals surface area contributed by atoms with Gasteiger partial charge in [-0.2, -0.15) is 0 Å². The van der Waals surface area contributed by atoms with Crippen molar-refractivity contribution < 1.29 is 14.3 Å². The maximum Gasteiger partial charge on any atom is 0.339 e. The molecular weight excluding hydrogens is 328 g/mol. The van der Waals surface area contributed by atoms with Crippen molar-refractivity contribution in [1.82, 2.24) is 0 Å². The number of hydrogen-bond donors (Lipinski definition) is 0. The molecule has 1 rings (SSSR count). The van der Waals surface area contributed by atoms with Gasteiger partial charge >= 0.3 is 5.97 Å². The van der Waals surface area contributed by atoms with Crippen LogP contribution in [-0.2, 0) is 4.74 Å². The molecule has 0 amide bonds. The van der Waals surface area contributed by atoms with Crippen LogP contribution in [0.3, 0.4) is 0 Å². The van der Waals surface area contributed by atoms with Crippen LogP contribution in [0.1, 0.15) is 17.3 Å². The number of carbonyl (C=O) groups is 1. The zero-order valence-electron chi connectivity index (χ0n) is 8.34. The predicted molar refractivity (Wildman–Crippen MR) is 64.4 cm³/mol. The Morgan fingerprint density at radius 2 is 2.07 bits per heavy atom. The second-order valence-electron chi connectivity index (χ2n) is 2.69. The van der Waals surface area contributed by atoms with E-state index in [2.05, 4.69) is 31.9 Å². The van der Waals surface area contributed by atoms with Crippen molar-refractivity contribution in [2.75, 3.05) is 13.7 Å². The zero-order chi connectivity index (χ0) is 11.4. The van der Waals surface area contributed by atoms with Crippen LogP contribution in [0.4, 0.5) is 0 Å². The number of benzene rings is 1. The van der Waals surface area contributed by atoms with Crippen LogP contribution in [0.2, 0.25) is 0 Å². The Morgan fingerprint density at radius 3 is 2.60 bits per heavy atom. The maximum absolute atomic E-state index is 11.6. The highest BCUT2D eigenvalue weighted by molar-refractivity contribution is 9.13. The van der Waals surface area contributed by atoms with Crippen molar-refractivity contribution in [2.45, 2.75) is 6.92 Å². The van der Waals surface area contributed by atoms with Gasteiger partial charge in [0.25, 0.3) is 0 Å². The molecule has 0 bridgehead atoms. The van der Waals surface area contributed by atoms with Gasteiger partial charge in [-0.25, -0.2) is 4.79 Å². The summed E-state index contributed by atoms with van der Waals surface area (Å²) in [6, 6.07) is 3.40. The van der Waals surface area contributed by atoms with E-state index in [4.69, 9.17) is 9.47 Å². The molecule has 15 heavy (non-hydrogen) atoms. The molecule has 3 nitrogen and oxygen atoms in total. The largest absolute Gasteiger partial charge is 0.497 e. The summed E-state index contributed by atoms with van der Waals surface area (Å²) >= 11 is 6.63. The number of methoxy groups -OCH3 is 1. The minimum atomic E-state index is -0.371. The predicted octanol–water partition coefficient (Wildman–Crippen LogP) is 3.40. The van der Waals surface area contributed by atoms with Crippen molar-refractivity contribution in [3.63, 3.8) is 0 Å². The lowest BCUT2D eigenvalue weighted by atomic mass is 10.2. The summed E-state index contributed by atoms with van der Waals surface area (Å²) in [7, 11) is 1.55. The lowest BCUT2D eigenvalue weighted by Gasteiger charge is -2.08. The molecule has 0 spiro atoms. The summed E-state index contributed by atoms with van der Waals surface area (Å²) in [5, 5.41) is 0. The van der Waals surface area contributed by atoms with E-state index in [9.17, 15) is 4.79 Å². The summed E-state index contributed by atoms with van der Waals surface area (Å²) in [4.78, 5) is 11.6. The molecule has 0 aromatic heterocycles. The first kappa shape index (κ1) is 12.5. The first-order valence-electron chi connectivity index (χ1n) is 4.30. The number of esters is 1. The minimum Gasteiger partial charge on any atom is -0.497 e. The van der Waals surface area contributed by atoms with Crippen molar-refractivity contribution in [1.29, 1.82) is 0 Å². The van der Waals surface area contributed by atoms with E-state index in [0.29, 0.717) is 22.4 Å². The molecule has 82 valence electrons. The molecule has 0 heterocycles. The SMILES string of the molecule is CCOC(=O)c1cc(OC)cc(Br)c1Br. The van der Waals surface area contributed by atoms with Crippen LogP contribution in [0.15, 0.2) is 21.1 Å². The van der Waals surface area contributed by atoms with Gasteiger partial charge in [0.05, 0.1) is 19.3 Å². The van der Waals surface area contributed by atoms with Crippen molar-refractivity contribution in [3.05, 3.63) is 26.6 Å². The molecule has 0 saturated heterocycles. The fourth-order valence-electron chi connectivity index (χ4n) is 1.04. The van der Waals surface area contributed by atoms with Crippen LogP contribution in [0, 0.1) is 0 Å². The Bertz CT molecular complexity index is 377. The van der Waals surface area contributed by atoms with Crippen LogP contribution < -0.4 is 4.74 Å². The monoisotopic (exact) mass is 336 g/mol. The second kappa shape index (κ2) is 5.51.